The van der Waals surface area contributed by atoms with Gasteiger partial charge in [0, 0.05) is 33.3 Å². The molecule has 7 N–H and O–H groups in total. The molecule has 2 fully saturated rings. The fraction of sp³-hybridized carbons (Fsp3) is 0.515. The summed E-state index contributed by atoms with van der Waals surface area (Å²) in [6.07, 6.45) is 0.333. The zero-order valence-corrected chi connectivity index (χ0v) is 27.1. The average Bonchev–Trinajstić information content (AvgIpc) is 3.79. The van der Waals surface area contributed by atoms with Gasteiger partial charge in [0.1, 0.15) is 13.2 Å². The minimum Gasteiger partial charge on any atom is -0.445 e. The summed E-state index contributed by atoms with van der Waals surface area (Å²) in [6, 6.07) is 19.0. The van der Waals surface area contributed by atoms with Gasteiger partial charge in [0.2, 0.25) is 0 Å². The molecular formula is C33H51N3O10. The molecule has 3 aliphatic rings. The topological polar surface area (TPSA) is 192 Å². The summed E-state index contributed by atoms with van der Waals surface area (Å²) in [6.45, 7) is 8.39. The van der Waals surface area contributed by atoms with Crippen molar-refractivity contribution < 1.29 is 49.7 Å². The van der Waals surface area contributed by atoms with Crippen LogP contribution in [0.25, 0.3) is 0 Å². The molecule has 258 valence electrons. The minimum atomic E-state index is -0.876. The normalized spacial score (nSPS) is 21.3. The fourth-order valence-corrected chi connectivity index (χ4v) is 3.82. The number of hydrogen-bond donors (Lipinski definition) is 7. The van der Waals surface area contributed by atoms with Gasteiger partial charge in [-0.3, -0.25) is 0 Å². The lowest BCUT2D eigenvalue weighted by molar-refractivity contribution is 0.0572. The van der Waals surface area contributed by atoms with Crippen LogP contribution in [0.5, 0.6) is 0 Å². The first-order valence-corrected chi connectivity index (χ1v) is 15.0. The summed E-state index contributed by atoms with van der Waals surface area (Å²) < 4.78 is 10.2. The number of amides is 2. The molecule has 0 unspecified atom stereocenters. The van der Waals surface area contributed by atoms with Crippen LogP contribution in [0.1, 0.15) is 31.9 Å². The van der Waals surface area contributed by atoms with Crippen LogP contribution in [0.3, 0.4) is 0 Å². The van der Waals surface area contributed by atoms with Gasteiger partial charge in [0.25, 0.3) is 0 Å². The Bertz CT molecular complexity index is 1100. The van der Waals surface area contributed by atoms with Gasteiger partial charge in [0.15, 0.2) is 0 Å². The maximum atomic E-state index is 11.6. The van der Waals surface area contributed by atoms with Crippen LogP contribution in [0.4, 0.5) is 9.59 Å². The van der Waals surface area contributed by atoms with E-state index in [1.165, 1.54) is 4.90 Å². The molecule has 0 aromatic heterocycles. The summed E-state index contributed by atoms with van der Waals surface area (Å²) in [4.78, 5) is 26.0. The van der Waals surface area contributed by atoms with Crippen LogP contribution in [-0.4, -0.2) is 129 Å². The number of aliphatic hydroxyl groups excluding tert-OH is 5. The van der Waals surface area contributed by atoms with Crippen molar-refractivity contribution in [3.8, 4) is 0 Å². The van der Waals surface area contributed by atoms with Crippen molar-refractivity contribution in [2.24, 2.45) is 0 Å². The van der Waals surface area contributed by atoms with Crippen LogP contribution in [0.2, 0.25) is 0 Å². The van der Waals surface area contributed by atoms with E-state index in [9.17, 15) is 19.8 Å². The number of rotatable bonds is 4. The lowest BCUT2D eigenvalue weighted by atomic mass is 10.2. The van der Waals surface area contributed by atoms with Gasteiger partial charge in [-0.25, -0.2) is 9.59 Å². The molecule has 0 spiro atoms. The van der Waals surface area contributed by atoms with Crippen molar-refractivity contribution >= 4 is 12.2 Å². The SMILES string of the molecule is CC(C)(C)O.CO.O=C(OCc1ccccc1)N1CC=CC1.O=C(OCc1ccccc1)N1C[C@@H](O)[C@@H](O)C1.O[C@@H]1CNC[C@@H]1O. The van der Waals surface area contributed by atoms with Crippen molar-refractivity contribution in [2.45, 2.75) is 64.0 Å². The summed E-state index contributed by atoms with van der Waals surface area (Å²) in [5, 5.41) is 54.3. The van der Waals surface area contributed by atoms with Crippen molar-refractivity contribution in [3.05, 3.63) is 83.9 Å². The molecule has 3 aliphatic heterocycles. The van der Waals surface area contributed by atoms with Crippen LogP contribution < -0.4 is 5.32 Å². The van der Waals surface area contributed by atoms with Crippen molar-refractivity contribution in [2.75, 3.05) is 46.4 Å². The third-order valence-electron chi connectivity index (χ3n) is 6.16. The second kappa shape index (κ2) is 22.0. The quantitative estimate of drug-likeness (QED) is 0.236. The molecule has 4 atom stereocenters. The number of nitrogens with zero attached hydrogens (tertiary/aromatic N) is 2. The number of β-amino-alcohol motifs (C(OH)–C–C–N with tert-alkyl or cyclic N) is 4. The standard InChI is InChI=1S/C12H15NO4.C12H13NO2.C4H9NO2.C4H10O.CH4O/c14-10-6-13(7-11(10)15)12(16)17-8-9-4-2-1-3-5-9;14-12(13-8-4-5-9-13)15-10-11-6-2-1-3-7-11;6-3-1-5-2-4(3)7;1-4(2,3)5;1-2/h1-5,10-11,14-15H,6-8H2;1-7H,8-10H2;3-7H,1-2H2;5H,1-3H3;2H,1H3/t10-,11+;;3-,4+;;. The second-order valence-corrected chi connectivity index (χ2v) is 11.5. The highest BCUT2D eigenvalue weighted by Gasteiger charge is 2.33. The number of ether oxygens (including phenoxy) is 2. The highest BCUT2D eigenvalue weighted by Crippen LogP contribution is 2.12. The predicted octanol–water partition coefficient (Wildman–Crippen LogP) is 1.25. The molecule has 46 heavy (non-hydrogen) atoms. The van der Waals surface area contributed by atoms with Crippen molar-refractivity contribution in [1.29, 1.82) is 0 Å². The Morgan fingerprint density at radius 1 is 0.696 bits per heavy atom. The fourth-order valence-electron chi connectivity index (χ4n) is 3.82. The molecule has 13 heteroatoms. The van der Waals surface area contributed by atoms with Crippen LogP contribution >= 0.6 is 0 Å². The maximum Gasteiger partial charge on any atom is 0.410 e. The van der Waals surface area contributed by atoms with Crippen molar-refractivity contribution in [3.63, 3.8) is 0 Å². The van der Waals surface area contributed by atoms with Gasteiger partial charge in [-0.2, -0.15) is 0 Å². The van der Waals surface area contributed by atoms with E-state index in [0.717, 1.165) is 18.2 Å². The number of benzene rings is 2. The Labute approximate surface area is 271 Å². The van der Waals surface area contributed by atoms with E-state index in [2.05, 4.69) is 5.32 Å². The lowest BCUT2D eigenvalue weighted by Gasteiger charge is -2.15. The van der Waals surface area contributed by atoms with E-state index in [0.29, 0.717) is 32.8 Å². The Kier molecular flexibility index (Phi) is 19.4. The average molecular weight is 650 g/mol. The van der Waals surface area contributed by atoms with E-state index in [1.54, 1.807) is 25.7 Å². The third-order valence-corrected chi connectivity index (χ3v) is 6.16. The van der Waals surface area contributed by atoms with Gasteiger partial charge in [-0.15, -0.1) is 0 Å². The highest BCUT2D eigenvalue weighted by atomic mass is 16.6. The second-order valence-electron chi connectivity index (χ2n) is 11.5. The molecule has 0 aliphatic carbocycles. The Hall–Kier alpha value is -3.56. The number of carbonyl (C=O) groups excluding carboxylic acids is 2. The monoisotopic (exact) mass is 649 g/mol. The molecule has 3 heterocycles. The van der Waals surface area contributed by atoms with Gasteiger partial charge in [-0.1, -0.05) is 72.8 Å². The van der Waals surface area contributed by atoms with Gasteiger partial charge >= 0.3 is 12.2 Å². The molecule has 2 aromatic carbocycles. The van der Waals surface area contributed by atoms with E-state index in [-0.39, 0.29) is 25.8 Å². The van der Waals surface area contributed by atoms with E-state index < -0.39 is 36.1 Å². The van der Waals surface area contributed by atoms with Crippen LogP contribution in [0.15, 0.2) is 72.8 Å². The van der Waals surface area contributed by atoms with Gasteiger partial charge < -0.3 is 55.2 Å². The Morgan fingerprint density at radius 2 is 1.04 bits per heavy atom. The third kappa shape index (κ3) is 17.8. The summed E-state index contributed by atoms with van der Waals surface area (Å²) >= 11 is 0. The van der Waals surface area contributed by atoms with Crippen LogP contribution in [0, 0.1) is 0 Å². The zero-order valence-electron chi connectivity index (χ0n) is 27.1. The first kappa shape index (κ1) is 40.5. The molecule has 0 radical (unpaired) electrons. The smallest absolute Gasteiger partial charge is 0.410 e. The molecule has 13 nitrogen and oxygen atoms in total. The molecule has 0 bridgehead atoms. The first-order chi connectivity index (χ1) is 21.8. The molecule has 2 aromatic rings. The summed E-state index contributed by atoms with van der Waals surface area (Å²) in [5.74, 6) is 0. The number of likely N-dealkylation sites (tertiary alicyclic amines) is 1. The Balaban J connectivity index is 0.000000330. The van der Waals surface area contributed by atoms with E-state index in [1.807, 2.05) is 72.8 Å². The molecular weight excluding hydrogens is 598 g/mol. The molecule has 5 rings (SSSR count). The number of aliphatic hydroxyl groups is 6. The molecule has 2 saturated heterocycles. The van der Waals surface area contributed by atoms with Crippen LogP contribution in [-0.2, 0) is 22.7 Å². The van der Waals surface area contributed by atoms with Gasteiger partial charge in [-0.05, 0) is 31.9 Å². The van der Waals surface area contributed by atoms with Gasteiger partial charge in [0.05, 0.1) is 43.1 Å². The minimum absolute atomic E-state index is 0.120. The Morgan fingerprint density at radius 3 is 1.37 bits per heavy atom. The van der Waals surface area contributed by atoms with E-state index >= 15 is 0 Å². The summed E-state index contributed by atoms with van der Waals surface area (Å²) in [7, 11) is 1.00. The number of nitrogens with one attached hydrogen (secondary N) is 1. The van der Waals surface area contributed by atoms with E-state index in [4.69, 9.17) is 29.9 Å². The number of carbonyl (C=O) groups is 2. The van der Waals surface area contributed by atoms with Crippen molar-refractivity contribution in [1.82, 2.24) is 15.1 Å². The zero-order chi connectivity index (χ0) is 34.5. The predicted molar refractivity (Wildman–Crippen MR) is 173 cm³/mol. The molecule has 2 amide bonds. The first-order valence-electron chi connectivity index (χ1n) is 15.0. The number of hydrogen-bond acceptors (Lipinski definition) is 11. The highest BCUT2D eigenvalue weighted by molar-refractivity contribution is 5.69. The summed E-state index contributed by atoms with van der Waals surface area (Å²) in [5.41, 5.74) is 1.42. The maximum absolute atomic E-state index is 11.6. The molecule has 0 saturated carbocycles. The largest absolute Gasteiger partial charge is 0.445 e. The lowest BCUT2D eigenvalue weighted by Crippen LogP contribution is -2.30.